The fourth-order valence-electron chi connectivity index (χ4n) is 4.24. The molecular weight excluding hydrogens is 611 g/mol. The topological polar surface area (TPSA) is 221 Å². The van der Waals surface area contributed by atoms with Crippen LogP contribution in [0.2, 0.25) is 0 Å². The van der Waals surface area contributed by atoms with Crippen molar-refractivity contribution in [3.8, 4) is 16.9 Å². The number of rotatable bonds is 9. The Labute approximate surface area is 290 Å². The number of benzene rings is 5. The average molecular weight is 638 g/mol. The first-order valence-electron chi connectivity index (χ1n) is 13.6. The van der Waals surface area contributed by atoms with E-state index in [2.05, 4.69) is 30.7 Å². The molecule has 5 aromatic carbocycles. The fourth-order valence-corrected chi connectivity index (χ4v) is 4.24. The molecule has 228 valence electrons. The van der Waals surface area contributed by atoms with E-state index in [1.807, 2.05) is 24.3 Å². The molecular formula is C33H26N8NaO5+. The molecule has 0 unspecified atom stereocenters. The third-order valence-corrected chi connectivity index (χ3v) is 6.76. The minimum absolute atomic E-state index is 0. The van der Waals surface area contributed by atoms with Crippen LogP contribution in [0.25, 0.3) is 11.1 Å². The zero-order valence-electron chi connectivity index (χ0n) is 25.2. The number of carboxylic acid groups (broad SMARTS) is 2. The van der Waals surface area contributed by atoms with E-state index in [0.717, 1.165) is 11.1 Å². The van der Waals surface area contributed by atoms with Gasteiger partial charge in [-0.05, 0) is 90.3 Å². The number of anilines is 2. The number of aromatic carboxylic acids is 2. The van der Waals surface area contributed by atoms with Gasteiger partial charge in [-0.1, -0.05) is 30.3 Å². The summed E-state index contributed by atoms with van der Waals surface area (Å²) in [5, 5.41) is 53.1. The molecule has 5 rings (SSSR count). The summed E-state index contributed by atoms with van der Waals surface area (Å²) in [6, 6.07) is 26.3. The zero-order chi connectivity index (χ0) is 32.8. The maximum Gasteiger partial charge on any atom is 1.00 e. The normalized spacial score (nSPS) is 11.3. The van der Waals surface area contributed by atoms with Gasteiger partial charge in [-0.25, -0.2) is 9.59 Å². The van der Waals surface area contributed by atoms with E-state index in [9.17, 15) is 19.8 Å². The molecule has 0 radical (unpaired) electrons. The van der Waals surface area contributed by atoms with Crippen molar-refractivity contribution in [3.63, 3.8) is 0 Å². The van der Waals surface area contributed by atoms with Crippen molar-refractivity contribution in [3.05, 3.63) is 114 Å². The second-order valence-corrected chi connectivity index (χ2v) is 9.94. The molecule has 0 aliphatic rings. The maximum absolute atomic E-state index is 11.3. The van der Waals surface area contributed by atoms with E-state index in [0.29, 0.717) is 39.7 Å². The van der Waals surface area contributed by atoms with Crippen LogP contribution in [0.4, 0.5) is 45.5 Å². The van der Waals surface area contributed by atoms with Crippen molar-refractivity contribution >= 4 is 57.4 Å². The van der Waals surface area contributed by atoms with Crippen LogP contribution >= 0.6 is 0 Å². The van der Waals surface area contributed by atoms with Gasteiger partial charge >= 0.3 is 41.5 Å². The Kier molecular flexibility index (Phi) is 10.9. The second kappa shape index (κ2) is 15.0. The Balaban J connectivity index is 0.00000500. The van der Waals surface area contributed by atoms with Gasteiger partial charge in [0.15, 0.2) is 0 Å². The molecule has 0 saturated heterocycles. The quantitative estimate of drug-likeness (QED) is 0.0716. The van der Waals surface area contributed by atoms with Crippen molar-refractivity contribution in [1.82, 2.24) is 0 Å². The monoisotopic (exact) mass is 637 g/mol. The van der Waals surface area contributed by atoms with E-state index in [-0.39, 0.29) is 57.8 Å². The van der Waals surface area contributed by atoms with Crippen LogP contribution in [0.3, 0.4) is 0 Å². The molecule has 14 heteroatoms. The SMILES string of the molecule is Cc1cc(N=Nc2ccc(-c3ccc(N=Nc4ccc(O)c(C(=O)O)c4)cc3)cc2)c(N)c(N=Nc2cccc(C(=O)O)c2)c1N.[Na+]. The molecule has 0 heterocycles. The number of aromatic hydroxyl groups is 1. The van der Waals surface area contributed by atoms with Crippen molar-refractivity contribution in [2.75, 3.05) is 11.5 Å². The molecule has 13 nitrogen and oxygen atoms in total. The van der Waals surface area contributed by atoms with Crippen molar-refractivity contribution < 1.29 is 54.5 Å². The van der Waals surface area contributed by atoms with Crippen LogP contribution in [0, 0.1) is 6.92 Å². The Bertz CT molecular complexity index is 2050. The number of azo groups is 3. The molecule has 7 N–H and O–H groups in total. The van der Waals surface area contributed by atoms with E-state index >= 15 is 0 Å². The minimum atomic E-state index is -1.26. The van der Waals surface area contributed by atoms with Gasteiger partial charge in [0, 0.05) is 0 Å². The van der Waals surface area contributed by atoms with Crippen LogP contribution in [-0.2, 0) is 0 Å². The van der Waals surface area contributed by atoms with Gasteiger partial charge in [0.25, 0.3) is 0 Å². The number of nitrogen functional groups attached to an aromatic ring is 2. The molecule has 0 spiro atoms. The van der Waals surface area contributed by atoms with E-state index < -0.39 is 11.9 Å². The van der Waals surface area contributed by atoms with Crippen molar-refractivity contribution in [1.29, 1.82) is 0 Å². The number of hydrogen-bond acceptors (Lipinski definition) is 11. The van der Waals surface area contributed by atoms with Gasteiger partial charge in [-0.3, -0.25) is 0 Å². The van der Waals surface area contributed by atoms with Gasteiger partial charge < -0.3 is 26.8 Å². The number of carbonyl (C=O) groups is 2. The number of hydrogen-bond donors (Lipinski definition) is 5. The van der Waals surface area contributed by atoms with Gasteiger partial charge in [0.2, 0.25) is 0 Å². The summed E-state index contributed by atoms with van der Waals surface area (Å²) in [6.07, 6.45) is 0. The van der Waals surface area contributed by atoms with Gasteiger partial charge in [-0.15, -0.1) is 10.2 Å². The first-order chi connectivity index (χ1) is 22.1. The van der Waals surface area contributed by atoms with Crippen LogP contribution in [0.5, 0.6) is 5.75 Å². The summed E-state index contributed by atoms with van der Waals surface area (Å²) < 4.78 is 0. The number of nitrogens with zero attached hydrogens (tertiary/aromatic N) is 6. The summed E-state index contributed by atoms with van der Waals surface area (Å²) in [6.45, 7) is 1.78. The van der Waals surface area contributed by atoms with Gasteiger partial charge in [-0.2, -0.15) is 20.5 Å². The van der Waals surface area contributed by atoms with E-state index in [1.54, 1.807) is 49.4 Å². The molecule has 47 heavy (non-hydrogen) atoms. The molecule has 5 aromatic rings. The molecule has 0 atom stereocenters. The first kappa shape index (κ1) is 34.1. The van der Waals surface area contributed by atoms with Gasteiger partial charge in [0.05, 0.1) is 39.7 Å². The summed E-state index contributed by atoms with van der Waals surface area (Å²) in [5.41, 5.74) is 17.7. The smallest absolute Gasteiger partial charge is 0.507 e. The number of nitrogens with two attached hydrogens (primary N) is 2. The van der Waals surface area contributed by atoms with Crippen LogP contribution < -0.4 is 41.0 Å². The van der Waals surface area contributed by atoms with Crippen LogP contribution in [-0.4, -0.2) is 27.3 Å². The van der Waals surface area contributed by atoms with Crippen molar-refractivity contribution in [2.45, 2.75) is 6.92 Å². The number of carboxylic acids is 2. The minimum Gasteiger partial charge on any atom is -0.507 e. The maximum atomic E-state index is 11.3. The van der Waals surface area contributed by atoms with Crippen LogP contribution in [0.15, 0.2) is 128 Å². The molecule has 0 aromatic heterocycles. The molecule has 0 aliphatic carbocycles. The van der Waals surface area contributed by atoms with Crippen LogP contribution in [0.1, 0.15) is 26.3 Å². The molecule has 0 fully saturated rings. The predicted molar refractivity (Wildman–Crippen MR) is 173 cm³/mol. The molecule has 0 amide bonds. The Hall–Kier alpha value is -5.76. The van der Waals surface area contributed by atoms with Crippen molar-refractivity contribution in [2.24, 2.45) is 30.7 Å². The average Bonchev–Trinajstić information content (AvgIpc) is 3.06. The predicted octanol–water partition coefficient (Wildman–Crippen LogP) is 6.18. The fraction of sp³-hybridized carbons (Fsp3) is 0.0303. The second-order valence-electron chi connectivity index (χ2n) is 9.94. The summed E-state index contributed by atoms with van der Waals surface area (Å²) in [5.74, 6) is -2.68. The Morgan fingerprint density at radius 2 is 1.13 bits per heavy atom. The third-order valence-electron chi connectivity index (χ3n) is 6.76. The largest absolute Gasteiger partial charge is 1.00 e. The van der Waals surface area contributed by atoms with Gasteiger partial charge in [0.1, 0.15) is 22.7 Å². The first-order valence-corrected chi connectivity index (χ1v) is 13.6. The van der Waals surface area contributed by atoms with E-state index in [4.69, 9.17) is 16.6 Å². The summed E-state index contributed by atoms with van der Waals surface area (Å²) >= 11 is 0. The molecule has 0 saturated carbocycles. The number of aryl methyl sites for hydroxylation is 1. The summed E-state index contributed by atoms with van der Waals surface area (Å²) in [4.78, 5) is 22.5. The van der Waals surface area contributed by atoms with E-state index in [1.165, 1.54) is 30.3 Å². The standard InChI is InChI=1S/C33H26N8O5.Na/c1-18-15-27(30(35)31(29(18)34)41-39-24-4-2-3-21(16-24)32(43)44)40-37-23-11-7-20(8-12-23)19-5-9-22(10-6-19)36-38-25-13-14-28(42)26(17-25)33(45)46;/h2-17,42H,34-35H2,1H3,(H,43,44)(H,45,46);/q;+1. The molecule has 0 aliphatic heterocycles. The number of phenols is 1. The molecule has 0 bridgehead atoms. The summed E-state index contributed by atoms with van der Waals surface area (Å²) in [7, 11) is 0. The Morgan fingerprint density at radius 3 is 1.72 bits per heavy atom. The zero-order valence-corrected chi connectivity index (χ0v) is 27.2. The third kappa shape index (κ3) is 8.29. The Morgan fingerprint density at radius 1 is 0.596 bits per heavy atom.